The SMILES string of the molecule is Cc1c(C(=O)O)sc2ncnc(Nc3ccc(F)cc3OC(C)CCNS(C)(=O)=O)c12. The van der Waals surface area contributed by atoms with E-state index in [0.29, 0.717) is 33.7 Å². The first-order chi connectivity index (χ1) is 14.5. The van der Waals surface area contributed by atoms with Gasteiger partial charge in [-0.1, -0.05) is 0 Å². The average molecular weight is 469 g/mol. The van der Waals surface area contributed by atoms with Gasteiger partial charge in [0.2, 0.25) is 10.0 Å². The number of hydrogen-bond donors (Lipinski definition) is 3. The average Bonchev–Trinajstić information content (AvgIpc) is 3.01. The number of nitrogens with one attached hydrogen (secondary N) is 2. The van der Waals surface area contributed by atoms with Gasteiger partial charge in [-0.05, 0) is 38.0 Å². The van der Waals surface area contributed by atoms with Crippen molar-refractivity contribution in [3.8, 4) is 5.75 Å². The Morgan fingerprint density at radius 2 is 2.10 bits per heavy atom. The first kappa shape index (κ1) is 22.8. The molecular formula is C19H21FN4O5S2. The van der Waals surface area contributed by atoms with E-state index in [9.17, 15) is 22.7 Å². The minimum absolute atomic E-state index is 0.168. The Morgan fingerprint density at radius 1 is 1.35 bits per heavy atom. The molecule has 0 aliphatic carbocycles. The van der Waals surface area contributed by atoms with Crippen LogP contribution in [0.1, 0.15) is 28.6 Å². The highest BCUT2D eigenvalue weighted by Crippen LogP contribution is 2.36. The van der Waals surface area contributed by atoms with E-state index in [4.69, 9.17) is 4.74 Å². The van der Waals surface area contributed by atoms with E-state index in [1.807, 2.05) is 0 Å². The largest absolute Gasteiger partial charge is 0.488 e. The maximum atomic E-state index is 13.9. The molecule has 3 rings (SSSR count). The molecule has 0 amide bonds. The van der Waals surface area contributed by atoms with Crippen LogP contribution >= 0.6 is 11.3 Å². The number of nitrogens with zero attached hydrogens (tertiary/aromatic N) is 2. The van der Waals surface area contributed by atoms with Crippen LogP contribution < -0.4 is 14.8 Å². The Labute approximate surface area is 182 Å². The Kier molecular flexibility index (Phi) is 6.72. The molecular weight excluding hydrogens is 447 g/mol. The van der Waals surface area contributed by atoms with E-state index in [1.54, 1.807) is 13.8 Å². The fourth-order valence-corrected chi connectivity index (χ4v) is 4.39. The third-order valence-electron chi connectivity index (χ3n) is 4.36. The molecule has 0 saturated carbocycles. The summed E-state index contributed by atoms with van der Waals surface area (Å²) in [4.78, 5) is 20.5. The number of aromatic carboxylic acids is 1. The van der Waals surface area contributed by atoms with Crippen LogP contribution in [0, 0.1) is 12.7 Å². The molecule has 0 aliphatic rings. The van der Waals surface area contributed by atoms with Crippen molar-refractivity contribution >= 4 is 49.1 Å². The smallest absolute Gasteiger partial charge is 0.346 e. The molecule has 1 atom stereocenters. The molecule has 0 bridgehead atoms. The summed E-state index contributed by atoms with van der Waals surface area (Å²) in [7, 11) is -3.31. The van der Waals surface area contributed by atoms with Crippen LogP contribution in [0.4, 0.5) is 15.9 Å². The zero-order valence-electron chi connectivity index (χ0n) is 17.0. The number of carboxylic acids is 1. The lowest BCUT2D eigenvalue weighted by molar-refractivity contribution is 0.0701. The summed E-state index contributed by atoms with van der Waals surface area (Å²) in [5, 5.41) is 13.0. The predicted molar refractivity (Wildman–Crippen MR) is 116 cm³/mol. The molecule has 1 aromatic carbocycles. The molecule has 9 nitrogen and oxygen atoms in total. The van der Waals surface area contributed by atoms with Gasteiger partial charge in [0.15, 0.2) is 0 Å². The number of ether oxygens (including phenoxy) is 1. The second-order valence-corrected chi connectivity index (χ2v) is 9.74. The van der Waals surface area contributed by atoms with Gasteiger partial charge in [-0.25, -0.2) is 32.3 Å². The number of aromatic nitrogens is 2. The number of fused-ring (bicyclic) bond motifs is 1. The van der Waals surface area contributed by atoms with E-state index in [-0.39, 0.29) is 17.2 Å². The van der Waals surface area contributed by atoms with Crippen LogP contribution in [0.5, 0.6) is 5.75 Å². The molecule has 2 heterocycles. The van der Waals surface area contributed by atoms with Gasteiger partial charge < -0.3 is 15.2 Å². The Balaban J connectivity index is 1.87. The molecule has 2 aromatic heterocycles. The summed E-state index contributed by atoms with van der Waals surface area (Å²) < 4.78 is 44.5. The number of carboxylic acid groups (broad SMARTS) is 1. The monoisotopic (exact) mass is 468 g/mol. The van der Waals surface area contributed by atoms with Gasteiger partial charge in [-0.3, -0.25) is 0 Å². The van der Waals surface area contributed by atoms with Gasteiger partial charge in [-0.2, -0.15) is 0 Å². The zero-order chi connectivity index (χ0) is 22.8. The van der Waals surface area contributed by atoms with Crippen LogP contribution in [0.3, 0.4) is 0 Å². The summed E-state index contributed by atoms with van der Waals surface area (Å²) in [6.07, 6.45) is 2.34. The maximum Gasteiger partial charge on any atom is 0.346 e. The molecule has 3 N–H and O–H groups in total. The molecule has 1 unspecified atom stereocenters. The number of thiophene rings is 1. The molecule has 0 spiro atoms. The molecule has 166 valence electrons. The van der Waals surface area contributed by atoms with Gasteiger partial charge in [0, 0.05) is 12.6 Å². The standard InChI is InChI=1S/C19H21FN4O5S2/c1-10(6-7-23-31(3,27)28)29-14-8-12(20)4-5-13(14)24-17-15-11(2)16(19(25)26)30-18(15)22-9-21-17/h4-5,8-10,23H,6-7H2,1-3H3,(H,25,26)(H,21,22,24). The zero-order valence-corrected chi connectivity index (χ0v) is 18.6. The van der Waals surface area contributed by atoms with E-state index in [2.05, 4.69) is 20.0 Å². The predicted octanol–water partition coefficient (Wildman–Crippen LogP) is 3.29. The number of sulfonamides is 1. The van der Waals surface area contributed by atoms with Crippen molar-refractivity contribution in [2.24, 2.45) is 0 Å². The lowest BCUT2D eigenvalue weighted by atomic mass is 10.2. The van der Waals surface area contributed by atoms with Gasteiger partial charge >= 0.3 is 5.97 Å². The summed E-state index contributed by atoms with van der Waals surface area (Å²) in [5.74, 6) is -0.970. The molecule has 0 saturated heterocycles. The number of aryl methyl sites for hydroxylation is 1. The summed E-state index contributed by atoms with van der Waals surface area (Å²) in [6, 6.07) is 3.96. The second kappa shape index (κ2) is 9.12. The molecule has 0 aliphatic heterocycles. The molecule has 31 heavy (non-hydrogen) atoms. The van der Waals surface area contributed by atoms with Gasteiger partial charge in [0.25, 0.3) is 0 Å². The third kappa shape index (κ3) is 5.66. The Hall–Kier alpha value is -2.83. The van der Waals surface area contributed by atoms with Crippen LogP contribution in [0.25, 0.3) is 10.2 Å². The molecule has 3 aromatic rings. The van der Waals surface area contributed by atoms with Crippen molar-refractivity contribution in [1.82, 2.24) is 14.7 Å². The minimum Gasteiger partial charge on any atom is -0.488 e. The van der Waals surface area contributed by atoms with Crippen molar-refractivity contribution in [2.75, 3.05) is 18.1 Å². The van der Waals surface area contributed by atoms with E-state index in [1.165, 1.54) is 24.5 Å². The van der Waals surface area contributed by atoms with Crippen LogP contribution in [0.15, 0.2) is 24.5 Å². The number of halogens is 1. The van der Waals surface area contributed by atoms with Crippen molar-refractivity contribution in [3.63, 3.8) is 0 Å². The van der Waals surface area contributed by atoms with Crippen LogP contribution in [-0.2, 0) is 10.0 Å². The highest BCUT2D eigenvalue weighted by molar-refractivity contribution is 7.88. The Morgan fingerprint density at radius 3 is 2.77 bits per heavy atom. The van der Waals surface area contributed by atoms with E-state index in [0.717, 1.165) is 17.6 Å². The van der Waals surface area contributed by atoms with Gasteiger partial charge in [0.05, 0.1) is 23.4 Å². The van der Waals surface area contributed by atoms with Gasteiger partial charge in [-0.15, -0.1) is 11.3 Å². The van der Waals surface area contributed by atoms with Gasteiger partial charge in [0.1, 0.15) is 33.4 Å². The molecule has 12 heteroatoms. The first-order valence-electron chi connectivity index (χ1n) is 9.20. The van der Waals surface area contributed by atoms with Crippen molar-refractivity contribution < 1.29 is 27.4 Å². The summed E-state index contributed by atoms with van der Waals surface area (Å²) in [6.45, 7) is 3.59. The van der Waals surface area contributed by atoms with Crippen LogP contribution in [-0.4, -0.2) is 48.4 Å². The lowest BCUT2D eigenvalue weighted by Crippen LogP contribution is -2.27. The van der Waals surface area contributed by atoms with Crippen LogP contribution in [0.2, 0.25) is 0 Å². The third-order valence-corrected chi connectivity index (χ3v) is 6.28. The maximum absolute atomic E-state index is 13.9. The molecule has 0 radical (unpaired) electrons. The highest BCUT2D eigenvalue weighted by atomic mass is 32.2. The lowest BCUT2D eigenvalue weighted by Gasteiger charge is -2.18. The number of anilines is 2. The summed E-state index contributed by atoms with van der Waals surface area (Å²) in [5.41, 5.74) is 0.951. The normalized spacial score (nSPS) is 12.6. The highest BCUT2D eigenvalue weighted by Gasteiger charge is 2.20. The quantitative estimate of drug-likeness (QED) is 0.436. The number of hydrogen-bond acceptors (Lipinski definition) is 8. The number of rotatable bonds is 9. The van der Waals surface area contributed by atoms with E-state index < -0.39 is 27.9 Å². The fourth-order valence-electron chi connectivity index (χ4n) is 2.92. The minimum atomic E-state index is -3.31. The summed E-state index contributed by atoms with van der Waals surface area (Å²) >= 11 is 1.05. The van der Waals surface area contributed by atoms with Crippen molar-refractivity contribution in [1.29, 1.82) is 0 Å². The first-order valence-corrected chi connectivity index (χ1v) is 11.9. The van der Waals surface area contributed by atoms with E-state index >= 15 is 0 Å². The molecule has 0 fully saturated rings. The second-order valence-electron chi connectivity index (χ2n) is 6.91. The number of carbonyl (C=O) groups is 1. The fraction of sp³-hybridized carbons (Fsp3) is 0.316. The number of benzene rings is 1. The van der Waals surface area contributed by atoms with Crippen molar-refractivity contribution in [3.05, 3.63) is 40.8 Å². The van der Waals surface area contributed by atoms with Crippen molar-refractivity contribution in [2.45, 2.75) is 26.4 Å². The topological polar surface area (TPSA) is 131 Å². The Bertz CT molecular complexity index is 1230.